The largest absolute Gasteiger partial charge is 0.398 e. The average molecular weight is 207 g/mol. The molecule has 2 N–H and O–H groups in total. The number of nitriles is 1. The Balaban J connectivity index is 2.82. The standard InChI is InChI=1S/C11H11ClN2/c12-6-2-1-3-9-4-5-10(8-13)11(14)7-9/h1,3-5,7H,2,6,14H2. The smallest absolute Gasteiger partial charge is 0.101 e. The van der Waals surface area contributed by atoms with Gasteiger partial charge < -0.3 is 5.73 Å². The molecule has 14 heavy (non-hydrogen) atoms. The van der Waals surface area contributed by atoms with Crippen LogP contribution >= 0.6 is 11.6 Å². The van der Waals surface area contributed by atoms with Crippen LogP contribution in [-0.4, -0.2) is 5.88 Å². The first kappa shape index (κ1) is 10.6. The van der Waals surface area contributed by atoms with Gasteiger partial charge in [0.05, 0.1) is 11.3 Å². The molecule has 0 spiro atoms. The van der Waals surface area contributed by atoms with E-state index in [1.54, 1.807) is 12.1 Å². The van der Waals surface area contributed by atoms with E-state index in [2.05, 4.69) is 0 Å². The number of hydrogen-bond donors (Lipinski definition) is 1. The van der Waals surface area contributed by atoms with E-state index in [9.17, 15) is 0 Å². The van der Waals surface area contributed by atoms with Crippen LogP contribution in [-0.2, 0) is 0 Å². The van der Waals surface area contributed by atoms with Crippen LogP contribution < -0.4 is 5.73 Å². The molecule has 0 saturated heterocycles. The number of nitrogens with two attached hydrogens (primary N) is 1. The Morgan fingerprint density at radius 3 is 2.86 bits per heavy atom. The lowest BCUT2D eigenvalue weighted by Gasteiger charge is -1.98. The maximum absolute atomic E-state index is 8.66. The van der Waals surface area contributed by atoms with Crippen molar-refractivity contribution in [2.75, 3.05) is 11.6 Å². The molecule has 0 saturated carbocycles. The van der Waals surface area contributed by atoms with Crippen molar-refractivity contribution >= 4 is 23.4 Å². The molecule has 0 bridgehead atoms. The number of halogens is 1. The van der Waals surface area contributed by atoms with Gasteiger partial charge in [0, 0.05) is 5.88 Å². The summed E-state index contributed by atoms with van der Waals surface area (Å²) in [5.74, 6) is 0.613. The van der Waals surface area contributed by atoms with Crippen LogP contribution in [0.1, 0.15) is 17.5 Å². The van der Waals surface area contributed by atoms with Gasteiger partial charge in [-0.3, -0.25) is 0 Å². The van der Waals surface area contributed by atoms with Crippen LogP contribution in [0.2, 0.25) is 0 Å². The summed E-state index contributed by atoms with van der Waals surface area (Å²) in [7, 11) is 0. The molecular weight excluding hydrogens is 196 g/mol. The normalized spacial score (nSPS) is 10.3. The molecule has 1 rings (SSSR count). The molecule has 0 aliphatic carbocycles. The predicted molar refractivity (Wildman–Crippen MR) is 59.9 cm³/mol. The van der Waals surface area contributed by atoms with E-state index in [1.807, 2.05) is 24.3 Å². The second-order valence-electron chi connectivity index (χ2n) is 2.84. The van der Waals surface area contributed by atoms with E-state index >= 15 is 0 Å². The van der Waals surface area contributed by atoms with Crippen molar-refractivity contribution in [3.8, 4) is 6.07 Å². The predicted octanol–water partition coefficient (Wildman–Crippen LogP) is 2.78. The molecule has 0 fully saturated rings. The molecule has 0 unspecified atom stereocenters. The molecule has 0 aromatic heterocycles. The number of hydrogen-bond acceptors (Lipinski definition) is 2. The summed E-state index contributed by atoms with van der Waals surface area (Å²) < 4.78 is 0. The highest BCUT2D eigenvalue weighted by atomic mass is 35.5. The lowest BCUT2D eigenvalue weighted by Crippen LogP contribution is -1.90. The first-order valence-electron chi connectivity index (χ1n) is 4.30. The number of anilines is 1. The highest BCUT2D eigenvalue weighted by Gasteiger charge is 1.96. The van der Waals surface area contributed by atoms with Crippen LogP contribution in [0, 0.1) is 11.3 Å². The molecule has 1 aromatic carbocycles. The summed E-state index contributed by atoms with van der Waals surface area (Å²) in [5, 5.41) is 8.66. The first-order chi connectivity index (χ1) is 6.77. The van der Waals surface area contributed by atoms with Crippen molar-refractivity contribution in [1.82, 2.24) is 0 Å². The second kappa shape index (κ2) is 5.31. The quantitative estimate of drug-likeness (QED) is 0.611. The molecule has 0 aliphatic rings. The van der Waals surface area contributed by atoms with Crippen molar-refractivity contribution in [3.63, 3.8) is 0 Å². The zero-order valence-electron chi connectivity index (χ0n) is 7.70. The second-order valence-corrected chi connectivity index (χ2v) is 3.22. The summed E-state index contributed by atoms with van der Waals surface area (Å²) in [4.78, 5) is 0. The molecular formula is C11H11ClN2. The van der Waals surface area contributed by atoms with Gasteiger partial charge in [-0.25, -0.2) is 0 Å². The van der Waals surface area contributed by atoms with Gasteiger partial charge in [0.25, 0.3) is 0 Å². The average Bonchev–Trinajstić information content (AvgIpc) is 2.18. The zero-order chi connectivity index (χ0) is 10.4. The Morgan fingerprint density at radius 1 is 1.50 bits per heavy atom. The van der Waals surface area contributed by atoms with E-state index in [4.69, 9.17) is 22.6 Å². The minimum atomic E-state index is 0.513. The fourth-order valence-electron chi connectivity index (χ4n) is 1.07. The number of rotatable bonds is 3. The third kappa shape index (κ3) is 2.79. The van der Waals surface area contributed by atoms with Crippen molar-refractivity contribution in [1.29, 1.82) is 5.26 Å². The summed E-state index contributed by atoms with van der Waals surface area (Å²) in [5.41, 5.74) is 7.67. The number of allylic oxidation sites excluding steroid dienone is 1. The van der Waals surface area contributed by atoms with E-state index in [0.29, 0.717) is 17.1 Å². The molecule has 1 aromatic rings. The summed E-state index contributed by atoms with van der Waals surface area (Å²) in [6, 6.07) is 7.38. The van der Waals surface area contributed by atoms with E-state index in [1.165, 1.54) is 0 Å². The molecule has 72 valence electrons. The first-order valence-corrected chi connectivity index (χ1v) is 4.83. The van der Waals surface area contributed by atoms with Crippen molar-refractivity contribution in [3.05, 3.63) is 35.4 Å². The van der Waals surface area contributed by atoms with Crippen LogP contribution in [0.3, 0.4) is 0 Å². The molecule has 0 amide bonds. The third-order valence-electron chi connectivity index (χ3n) is 1.78. The summed E-state index contributed by atoms with van der Waals surface area (Å²) >= 11 is 5.53. The Bertz CT molecular complexity index is 377. The van der Waals surface area contributed by atoms with Crippen LogP contribution in [0.4, 0.5) is 5.69 Å². The van der Waals surface area contributed by atoms with Crippen molar-refractivity contribution in [2.45, 2.75) is 6.42 Å². The van der Waals surface area contributed by atoms with Gasteiger partial charge in [0.2, 0.25) is 0 Å². The highest BCUT2D eigenvalue weighted by molar-refractivity contribution is 6.17. The zero-order valence-corrected chi connectivity index (χ0v) is 8.46. The third-order valence-corrected chi connectivity index (χ3v) is 2.00. The monoisotopic (exact) mass is 206 g/mol. The van der Waals surface area contributed by atoms with Gasteiger partial charge in [-0.1, -0.05) is 18.2 Å². The molecule has 0 heterocycles. The number of nitrogen functional groups attached to an aromatic ring is 1. The molecule has 2 nitrogen and oxygen atoms in total. The van der Waals surface area contributed by atoms with E-state index in [0.717, 1.165) is 12.0 Å². The van der Waals surface area contributed by atoms with Crippen LogP contribution in [0.5, 0.6) is 0 Å². The van der Waals surface area contributed by atoms with E-state index < -0.39 is 0 Å². The maximum atomic E-state index is 8.66. The Hall–Kier alpha value is -1.46. The van der Waals surface area contributed by atoms with Gasteiger partial charge >= 0.3 is 0 Å². The van der Waals surface area contributed by atoms with Gasteiger partial charge in [-0.05, 0) is 24.1 Å². The van der Waals surface area contributed by atoms with Gasteiger partial charge in [0.15, 0.2) is 0 Å². The molecule has 3 heteroatoms. The lowest BCUT2D eigenvalue weighted by molar-refractivity contribution is 1.24. The van der Waals surface area contributed by atoms with Gasteiger partial charge in [-0.15, -0.1) is 11.6 Å². The van der Waals surface area contributed by atoms with E-state index in [-0.39, 0.29) is 0 Å². The lowest BCUT2D eigenvalue weighted by atomic mass is 10.1. The summed E-state index contributed by atoms with van der Waals surface area (Å²) in [6.45, 7) is 0. The number of nitrogens with zero attached hydrogens (tertiary/aromatic N) is 1. The number of benzene rings is 1. The maximum Gasteiger partial charge on any atom is 0.101 e. The molecule has 0 radical (unpaired) electrons. The SMILES string of the molecule is N#Cc1ccc(C=CCCCl)cc1N. The Labute approximate surface area is 88.6 Å². The van der Waals surface area contributed by atoms with Gasteiger partial charge in [-0.2, -0.15) is 5.26 Å². The van der Waals surface area contributed by atoms with Crippen molar-refractivity contribution in [2.24, 2.45) is 0 Å². The number of alkyl halides is 1. The molecule has 0 atom stereocenters. The van der Waals surface area contributed by atoms with Crippen LogP contribution in [0.25, 0.3) is 6.08 Å². The van der Waals surface area contributed by atoms with Gasteiger partial charge in [0.1, 0.15) is 6.07 Å². The summed E-state index contributed by atoms with van der Waals surface area (Å²) in [6.07, 6.45) is 4.76. The fraction of sp³-hybridized carbons (Fsp3) is 0.182. The Kier molecular flexibility index (Phi) is 4.03. The minimum absolute atomic E-state index is 0.513. The highest BCUT2D eigenvalue weighted by Crippen LogP contribution is 2.14. The fourth-order valence-corrected chi connectivity index (χ4v) is 1.20. The van der Waals surface area contributed by atoms with Crippen molar-refractivity contribution < 1.29 is 0 Å². The topological polar surface area (TPSA) is 49.8 Å². The minimum Gasteiger partial charge on any atom is -0.398 e. The van der Waals surface area contributed by atoms with Crippen LogP contribution in [0.15, 0.2) is 24.3 Å². The Morgan fingerprint density at radius 2 is 2.29 bits per heavy atom. The molecule has 0 aliphatic heterocycles.